The van der Waals surface area contributed by atoms with E-state index in [0.717, 1.165) is 62.3 Å². The van der Waals surface area contributed by atoms with E-state index in [1.54, 1.807) is 0 Å². The minimum absolute atomic E-state index is 0.492. The summed E-state index contributed by atoms with van der Waals surface area (Å²) >= 11 is 0. The molecule has 4 aliphatic heterocycles. The number of hydrazine groups is 1. The van der Waals surface area contributed by atoms with Crippen molar-refractivity contribution in [3.8, 4) is 11.3 Å². The molecule has 8 heteroatoms. The molecule has 1 atom stereocenters. The lowest BCUT2D eigenvalue weighted by Gasteiger charge is -2.45. The van der Waals surface area contributed by atoms with Gasteiger partial charge < -0.3 is 14.5 Å². The monoisotopic (exact) mass is 459 g/mol. The first-order valence-corrected chi connectivity index (χ1v) is 12.4. The van der Waals surface area contributed by atoms with Gasteiger partial charge in [-0.3, -0.25) is 0 Å². The minimum Gasteiger partial charge on any atom is -0.378 e. The SMILES string of the molecule is Cc1cccc(-c2ccn(C3=NC4=CCN([C@@H]5CCCN(C)C5)N4C(N4CCOCC4)=C3)n2)c1. The maximum absolute atomic E-state index is 5.66. The Morgan fingerprint density at radius 3 is 2.79 bits per heavy atom. The molecule has 2 saturated heterocycles. The first-order valence-electron chi connectivity index (χ1n) is 12.4. The highest BCUT2D eigenvalue weighted by atomic mass is 16.5. The van der Waals surface area contributed by atoms with Crippen LogP contribution in [0, 0.1) is 6.92 Å². The van der Waals surface area contributed by atoms with E-state index in [2.05, 4.69) is 76.3 Å². The van der Waals surface area contributed by atoms with E-state index < -0.39 is 0 Å². The van der Waals surface area contributed by atoms with Gasteiger partial charge in [0, 0.05) is 50.1 Å². The average molecular weight is 460 g/mol. The summed E-state index contributed by atoms with van der Waals surface area (Å²) in [6, 6.07) is 11.0. The first-order chi connectivity index (χ1) is 16.7. The Balaban J connectivity index is 1.33. The number of aromatic nitrogens is 2. The highest BCUT2D eigenvalue weighted by Gasteiger charge is 2.38. The Labute approximate surface area is 201 Å². The summed E-state index contributed by atoms with van der Waals surface area (Å²) in [6.45, 7) is 8.54. The zero-order chi connectivity index (χ0) is 23.1. The van der Waals surface area contributed by atoms with Crippen LogP contribution in [0.1, 0.15) is 18.4 Å². The number of rotatable bonds is 3. The molecule has 34 heavy (non-hydrogen) atoms. The fourth-order valence-corrected chi connectivity index (χ4v) is 5.38. The zero-order valence-corrected chi connectivity index (χ0v) is 20.1. The van der Waals surface area contributed by atoms with Gasteiger partial charge in [0.15, 0.2) is 5.84 Å². The molecule has 0 aliphatic carbocycles. The molecular weight excluding hydrogens is 426 g/mol. The van der Waals surface area contributed by atoms with Crippen LogP contribution in [0.4, 0.5) is 0 Å². The van der Waals surface area contributed by atoms with E-state index in [-0.39, 0.29) is 0 Å². The first kappa shape index (κ1) is 21.6. The molecule has 1 aromatic carbocycles. The van der Waals surface area contributed by atoms with E-state index in [0.29, 0.717) is 6.04 Å². The maximum atomic E-state index is 5.66. The van der Waals surface area contributed by atoms with E-state index in [4.69, 9.17) is 14.8 Å². The third-order valence-electron chi connectivity index (χ3n) is 7.13. The number of hydrogen-bond acceptors (Lipinski definition) is 7. The average Bonchev–Trinajstić information content (AvgIpc) is 3.52. The van der Waals surface area contributed by atoms with E-state index in [1.165, 1.54) is 30.8 Å². The number of piperidine rings is 1. The summed E-state index contributed by atoms with van der Waals surface area (Å²) in [4.78, 5) is 9.94. The maximum Gasteiger partial charge on any atom is 0.159 e. The zero-order valence-electron chi connectivity index (χ0n) is 20.1. The number of hydrogen-bond donors (Lipinski definition) is 0. The minimum atomic E-state index is 0.492. The van der Waals surface area contributed by atoms with Crippen molar-refractivity contribution in [2.24, 2.45) is 4.99 Å². The fourth-order valence-electron chi connectivity index (χ4n) is 5.38. The Morgan fingerprint density at radius 1 is 1.09 bits per heavy atom. The molecule has 0 spiro atoms. The molecule has 0 radical (unpaired) electrons. The van der Waals surface area contributed by atoms with Gasteiger partial charge in [-0.1, -0.05) is 23.8 Å². The second-order valence-electron chi connectivity index (χ2n) is 9.64. The van der Waals surface area contributed by atoms with E-state index >= 15 is 0 Å². The Hall–Kier alpha value is -2.94. The van der Waals surface area contributed by atoms with Gasteiger partial charge in [-0.05, 0) is 51.6 Å². The molecule has 6 rings (SSSR count). The summed E-state index contributed by atoms with van der Waals surface area (Å²) in [5, 5.41) is 9.75. The summed E-state index contributed by atoms with van der Waals surface area (Å²) in [7, 11) is 2.23. The van der Waals surface area contributed by atoms with Gasteiger partial charge in [0.25, 0.3) is 0 Å². The van der Waals surface area contributed by atoms with Crippen LogP contribution in [0.15, 0.2) is 65.3 Å². The smallest absolute Gasteiger partial charge is 0.159 e. The summed E-state index contributed by atoms with van der Waals surface area (Å²) in [6.07, 6.45) is 8.92. The number of likely N-dealkylation sites (N-methyl/N-ethyl adjacent to an activating group) is 1. The highest BCUT2D eigenvalue weighted by molar-refractivity contribution is 5.96. The van der Waals surface area contributed by atoms with Crippen molar-refractivity contribution in [3.63, 3.8) is 0 Å². The molecule has 0 saturated carbocycles. The number of likely N-dealkylation sites (tertiary alicyclic amines) is 1. The molecule has 4 aliphatic rings. The van der Waals surface area contributed by atoms with Crippen LogP contribution < -0.4 is 0 Å². The van der Waals surface area contributed by atoms with Crippen LogP contribution in [0.2, 0.25) is 0 Å². The Kier molecular flexibility index (Phi) is 5.72. The third-order valence-corrected chi connectivity index (χ3v) is 7.13. The molecule has 0 amide bonds. The normalized spacial score (nSPS) is 24.1. The molecule has 0 bridgehead atoms. The highest BCUT2D eigenvalue weighted by Crippen LogP contribution is 2.33. The van der Waals surface area contributed by atoms with Crippen molar-refractivity contribution in [3.05, 3.63) is 65.9 Å². The van der Waals surface area contributed by atoms with Crippen molar-refractivity contribution < 1.29 is 4.74 Å². The van der Waals surface area contributed by atoms with Crippen molar-refractivity contribution >= 4 is 5.84 Å². The number of ether oxygens (including phenoxy) is 1. The van der Waals surface area contributed by atoms with Gasteiger partial charge >= 0.3 is 0 Å². The van der Waals surface area contributed by atoms with Crippen molar-refractivity contribution in [1.29, 1.82) is 0 Å². The number of fused-ring (bicyclic) bond motifs is 1. The van der Waals surface area contributed by atoms with Gasteiger partial charge in [-0.15, -0.1) is 0 Å². The lowest BCUT2D eigenvalue weighted by atomic mass is 10.1. The molecule has 0 unspecified atom stereocenters. The van der Waals surface area contributed by atoms with Gasteiger partial charge in [-0.2, -0.15) is 5.10 Å². The summed E-state index contributed by atoms with van der Waals surface area (Å²) < 4.78 is 7.57. The van der Waals surface area contributed by atoms with Crippen LogP contribution in [0.25, 0.3) is 11.3 Å². The predicted molar refractivity (Wildman–Crippen MR) is 133 cm³/mol. The number of benzene rings is 1. The lowest BCUT2D eigenvalue weighted by Crippen LogP contribution is -2.54. The van der Waals surface area contributed by atoms with Gasteiger partial charge in [-0.25, -0.2) is 19.7 Å². The summed E-state index contributed by atoms with van der Waals surface area (Å²) in [5.74, 6) is 3.03. The topological polar surface area (TPSA) is 52.4 Å². The number of aryl methyl sites for hydroxylation is 1. The predicted octanol–water partition coefficient (Wildman–Crippen LogP) is 2.76. The van der Waals surface area contributed by atoms with E-state index in [1.807, 2.05) is 10.9 Å². The van der Waals surface area contributed by atoms with E-state index in [9.17, 15) is 0 Å². The Morgan fingerprint density at radius 2 is 1.97 bits per heavy atom. The molecular formula is C26H33N7O. The largest absolute Gasteiger partial charge is 0.378 e. The van der Waals surface area contributed by atoms with Gasteiger partial charge in [0.1, 0.15) is 11.6 Å². The lowest BCUT2D eigenvalue weighted by molar-refractivity contribution is -0.0411. The molecule has 0 N–H and O–H groups in total. The van der Waals surface area contributed by atoms with Crippen LogP contribution >= 0.6 is 0 Å². The number of nitrogens with zero attached hydrogens (tertiary/aromatic N) is 7. The molecule has 2 fully saturated rings. The second-order valence-corrected chi connectivity index (χ2v) is 9.64. The van der Waals surface area contributed by atoms with Crippen molar-refractivity contribution in [2.45, 2.75) is 25.8 Å². The number of allylic oxidation sites excluding steroid dienone is 1. The van der Waals surface area contributed by atoms with Crippen LogP contribution in [0.5, 0.6) is 0 Å². The second kappa shape index (κ2) is 9.02. The Bertz CT molecular complexity index is 1140. The molecule has 1 aromatic heterocycles. The quantitative estimate of drug-likeness (QED) is 0.704. The molecule has 178 valence electrons. The standard InChI is InChI=1S/C26H33N7O/c1-20-5-3-6-21(17-20)23-8-11-31(28-23)25-18-26(30-13-15-34-16-14-30)33-24(27-25)9-12-32(33)22-7-4-10-29(2)19-22/h3,5-6,8-9,11,17-18,22H,4,7,10,12-16,19H2,1-2H3/t22-/m1/s1. The molecule has 8 nitrogen and oxygen atoms in total. The molecule has 2 aromatic rings. The van der Waals surface area contributed by atoms with Crippen LogP contribution in [-0.4, -0.2) is 94.5 Å². The van der Waals surface area contributed by atoms with Crippen LogP contribution in [-0.2, 0) is 4.74 Å². The summed E-state index contributed by atoms with van der Waals surface area (Å²) in [5.41, 5.74) is 3.32. The van der Waals surface area contributed by atoms with Crippen LogP contribution in [0.3, 0.4) is 0 Å². The molecule has 5 heterocycles. The number of aliphatic imine (C=N–C) groups is 1. The van der Waals surface area contributed by atoms with Gasteiger partial charge in [0.05, 0.1) is 18.9 Å². The number of morpholine rings is 1. The fraction of sp³-hybridized carbons (Fsp3) is 0.462. The van der Waals surface area contributed by atoms with Crippen molar-refractivity contribution in [1.82, 2.24) is 29.6 Å². The third kappa shape index (κ3) is 4.06. The van der Waals surface area contributed by atoms with Gasteiger partial charge in [0.2, 0.25) is 0 Å². The van der Waals surface area contributed by atoms with Crippen molar-refractivity contribution in [2.75, 3.05) is 53.0 Å².